The first-order valence-corrected chi connectivity index (χ1v) is 9.67. The lowest BCUT2D eigenvalue weighted by Gasteiger charge is -2.17. The van der Waals surface area contributed by atoms with Gasteiger partial charge in [-0.3, -0.25) is 9.69 Å². The molecule has 1 aromatic heterocycles. The monoisotopic (exact) mass is 405 g/mol. The highest BCUT2D eigenvalue weighted by molar-refractivity contribution is 6.08. The normalized spacial score (nSPS) is 13.3. The molecule has 30 heavy (non-hydrogen) atoms. The number of hydrogen-bond acceptors (Lipinski definition) is 4. The Morgan fingerprint density at radius 2 is 1.83 bits per heavy atom. The Hall–Kier alpha value is -3.74. The first-order chi connectivity index (χ1) is 14.5. The zero-order valence-electron chi connectivity index (χ0n) is 17.1. The Kier molecular flexibility index (Phi) is 5.18. The zero-order valence-corrected chi connectivity index (χ0v) is 17.1. The predicted octanol–water partition coefficient (Wildman–Crippen LogP) is 4.31. The highest BCUT2D eigenvalue weighted by Crippen LogP contribution is 2.29. The lowest BCUT2D eigenvalue weighted by Crippen LogP contribution is -2.25. The van der Waals surface area contributed by atoms with Crippen LogP contribution in [-0.2, 0) is 4.74 Å². The molecule has 0 bridgehead atoms. The highest BCUT2D eigenvalue weighted by atomic mass is 16.6. The SMILES string of the molecule is COc1ccc(-n2c(C)cc(C(=O)Nc3ccccc3N3CCOC3=O)c2C)cc1. The van der Waals surface area contributed by atoms with Crippen molar-refractivity contribution in [2.24, 2.45) is 0 Å². The second-order valence-electron chi connectivity index (χ2n) is 7.06. The Bertz CT molecular complexity index is 1100. The number of methoxy groups -OCH3 is 1. The van der Waals surface area contributed by atoms with E-state index in [-0.39, 0.29) is 5.91 Å². The van der Waals surface area contributed by atoms with E-state index in [0.29, 0.717) is 30.1 Å². The van der Waals surface area contributed by atoms with Gasteiger partial charge in [-0.2, -0.15) is 0 Å². The van der Waals surface area contributed by atoms with Crippen LogP contribution in [0.4, 0.5) is 16.2 Å². The Morgan fingerprint density at radius 3 is 2.50 bits per heavy atom. The summed E-state index contributed by atoms with van der Waals surface area (Å²) in [6.45, 7) is 4.67. The Labute approximate surface area is 174 Å². The number of rotatable bonds is 5. The predicted molar refractivity (Wildman–Crippen MR) is 115 cm³/mol. The maximum atomic E-state index is 13.1. The van der Waals surface area contributed by atoms with Crippen molar-refractivity contribution in [3.63, 3.8) is 0 Å². The number of hydrogen-bond donors (Lipinski definition) is 1. The van der Waals surface area contributed by atoms with Crippen molar-refractivity contribution in [2.45, 2.75) is 13.8 Å². The number of aryl methyl sites for hydroxylation is 1. The number of ether oxygens (including phenoxy) is 2. The van der Waals surface area contributed by atoms with Crippen molar-refractivity contribution in [3.05, 3.63) is 71.5 Å². The van der Waals surface area contributed by atoms with Gasteiger partial charge in [0.25, 0.3) is 5.91 Å². The van der Waals surface area contributed by atoms with Gasteiger partial charge in [-0.25, -0.2) is 4.79 Å². The number of aromatic nitrogens is 1. The Morgan fingerprint density at radius 1 is 1.10 bits per heavy atom. The van der Waals surface area contributed by atoms with Gasteiger partial charge in [-0.1, -0.05) is 12.1 Å². The van der Waals surface area contributed by atoms with Crippen LogP contribution in [0, 0.1) is 13.8 Å². The number of amides is 2. The van der Waals surface area contributed by atoms with Crippen LogP contribution in [0.1, 0.15) is 21.7 Å². The summed E-state index contributed by atoms with van der Waals surface area (Å²) in [6.07, 6.45) is -0.408. The van der Waals surface area contributed by atoms with Crippen molar-refractivity contribution in [1.82, 2.24) is 4.57 Å². The van der Waals surface area contributed by atoms with E-state index in [1.54, 1.807) is 19.2 Å². The van der Waals surface area contributed by atoms with E-state index in [1.807, 2.05) is 60.9 Å². The topological polar surface area (TPSA) is 72.8 Å². The van der Waals surface area contributed by atoms with Crippen molar-refractivity contribution in [3.8, 4) is 11.4 Å². The molecule has 154 valence electrons. The molecule has 2 amide bonds. The minimum absolute atomic E-state index is 0.233. The summed E-state index contributed by atoms with van der Waals surface area (Å²) >= 11 is 0. The average Bonchev–Trinajstić information content (AvgIpc) is 3.31. The third-order valence-electron chi connectivity index (χ3n) is 5.21. The van der Waals surface area contributed by atoms with Gasteiger partial charge in [0, 0.05) is 17.1 Å². The van der Waals surface area contributed by atoms with Crippen LogP contribution in [0.5, 0.6) is 5.75 Å². The number of carbonyl (C=O) groups excluding carboxylic acids is 2. The second-order valence-corrected chi connectivity index (χ2v) is 7.06. The molecule has 0 aliphatic carbocycles. The van der Waals surface area contributed by atoms with E-state index >= 15 is 0 Å². The molecule has 3 aromatic rings. The van der Waals surface area contributed by atoms with Gasteiger partial charge in [0.05, 0.1) is 30.6 Å². The first-order valence-electron chi connectivity index (χ1n) is 9.67. The molecule has 0 atom stereocenters. The van der Waals surface area contributed by atoms with Crippen molar-refractivity contribution in [1.29, 1.82) is 0 Å². The lowest BCUT2D eigenvalue weighted by molar-refractivity contribution is 0.102. The molecule has 7 nitrogen and oxygen atoms in total. The van der Waals surface area contributed by atoms with Gasteiger partial charge in [-0.15, -0.1) is 0 Å². The van der Waals surface area contributed by atoms with Crippen LogP contribution < -0.4 is 15.0 Å². The standard InChI is InChI=1S/C23H23N3O4/c1-15-14-19(16(2)26(15)17-8-10-18(29-3)11-9-17)22(27)24-20-6-4-5-7-21(20)25-12-13-30-23(25)28/h4-11,14H,12-13H2,1-3H3,(H,24,27). The number of anilines is 2. The molecule has 7 heteroatoms. The van der Waals surface area contributed by atoms with E-state index in [0.717, 1.165) is 22.8 Å². The van der Waals surface area contributed by atoms with Crippen molar-refractivity contribution >= 4 is 23.4 Å². The minimum atomic E-state index is -0.408. The van der Waals surface area contributed by atoms with Crippen LogP contribution >= 0.6 is 0 Å². The molecule has 2 heterocycles. The fourth-order valence-electron chi connectivity index (χ4n) is 3.74. The molecule has 1 aliphatic heterocycles. The third kappa shape index (κ3) is 3.50. The van der Waals surface area contributed by atoms with Gasteiger partial charge < -0.3 is 19.4 Å². The van der Waals surface area contributed by atoms with Crippen LogP contribution in [0.25, 0.3) is 5.69 Å². The van der Waals surface area contributed by atoms with Crippen LogP contribution in [0.2, 0.25) is 0 Å². The highest BCUT2D eigenvalue weighted by Gasteiger charge is 2.26. The average molecular weight is 405 g/mol. The molecule has 1 saturated heterocycles. The summed E-state index contributed by atoms with van der Waals surface area (Å²) < 4.78 is 12.3. The largest absolute Gasteiger partial charge is 0.497 e. The van der Waals surface area contributed by atoms with E-state index in [9.17, 15) is 9.59 Å². The van der Waals surface area contributed by atoms with Crippen LogP contribution in [-0.4, -0.2) is 36.8 Å². The van der Waals surface area contributed by atoms with Gasteiger partial charge in [0.1, 0.15) is 12.4 Å². The quantitative estimate of drug-likeness (QED) is 0.686. The van der Waals surface area contributed by atoms with Crippen molar-refractivity contribution < 1.29 is 19.1 Å². The minimum Gasteiger partial charge on any atom is -0.497 e. The van der Waals surface area contributed by atoms with Crippen LogP contribution in [0.3, 0.4) is 0 Å². The maximum Gasteiger partial charge on any atom is 0.414 e. The summed E-state index contributed by atoms with van der Waals surface area (Å²) in [7, 11) is 1.63. The van der Waals surface area contributed by atoms with E-state index < -0.39 is 6.09 Å². The molecule has 0 radical (unpaired) electrons. The van der Waals surface area contributed by atoms with Gasteiger partial charge in [0.2, 0.25) is 0 Å². The summed E-state index contributed by atoms with van der Waals surface area (Å²) in [5.74, 6) is 0.541. The Balaban J connectivity index is 1.63. The van der Waals surface area contributed by atoms with Gasteiger partial charge in [-0.05, 0) is 56.3 Å². The molecule has 2 aromatic carbocycles. The van der Waals surface area contributed by atoms with Gasteiger partial charge in [0.15, 0.2) is 0 Å². The summed E-state index contributed by atoms with van der Waals surface area (Å²) in [5.41, 5.74) is 4.48. The molecule has 0 saturated carbocycles. The van der Waals surface area contributed by atoms with Crippen LogP contribution in [0.15, 0.2) is 54.6 Å². The molecule has 4 rings (SSSR count). The van der Waals surface area contributed by atoms with E-state index in [1.165, 1.54) is 4.90 Å². The number of nitrogens with zero attached hydrogens (tertiary/aromatic N) is 2. The first kappa shape index (κ1) is 19.6. The number of benzene rings is 2. The summed E-state index contributed by atoms with van der Waals surface area (Å²) in [4.78, 5) is 26.6. The zero-order chi connectivity index (χ0) is 21.3. The molecule has 0 spiro atoms. The smallest absolute Gasteiger partial charge is 0.414 e. The fourth-order valence-corrected chi connectivity index (χ4v) is 3.74. The molecule has 1 aliphatic rings. The summed E-state index contributed by atoms with van der Waals surface area (Å²) in [6, 6.07) is 16.8. The maximum absolute atomic E-state index is 13.1. The summed E-state index contributed by atoms with van der Waals surface area (Å²) in [5, 5.41) is 2.95. The number of nitrogens with one attached hydrogen (secondary N) is 1. The van der Waals surface area contributed by atoms with Gasteiger partial charge >= 0.3 is 6.09 Å². The lowest BCUT2D eigenvalue weighted by atomic mass is 10.2. The fraction of sp³-hybridized carbons (Fsp3) is 0.217. The molecular formula is C23H23N3O4. The molecule has 1 N–H and O–H groups in total. The molecule has 0 unspecified atom stereocenters. The van der Waals surface area contributed by atoms with E-state index in [2.05, 4.69) is 5.32 Å². The number of cyclic esters (lactones) is 1. The number of carbonyl (C=O) groups is 2. The molecular weight excluding hydrogens is 382 g/mol. The third-order valence-corrected chi connectivity index (χ3v) is 5.21. The van der Waals surface area contributed by atoms with E-state index in [4.69, 9.17) is 9.47 Å². The molecule has 1 fully saturated rings. The second kappa shape index (κ2) is 7.94. The van der Waals surface area contributed by atoms with Crippen molar-refractivity contribution in [2.75, 3.05) is 30.5 Å². The number of para-hydroxylation sites is 2.